The summed E-state index contributed by atoms with van der Waals surface area (Å²) in [7, 11) is 0. The predicted molar refractivity (Wildman–Crippen MR) is 73.3 cm³/mol. The number of carbonyl (C=O) groups excluding carboxylic acids is 2. The highest BCUT2D eigenvalue weighted by molar-refractivity contribution is 5.92. The fraction of sp³-hybridized carbons (Fsp3) is 0.0833. The topological polar surface area (TPSA) is 147 Å². The van der Waals surface area contributed by atoms with Crippen LogP contribution in [0, 0.1) is 10.1 Å². The average molecular weight is 289 g/mol. The van der Waals surface area contributed by atoms with Crippen molar-refractivity contribution >= 4 is 23.7 Å². The zero-order valence-corrected chi connectivity index (χ0v) is 10.7. The normalized spacial score (nSPS) is 10.3. The minimum atomic E-state index is -0.656. The van der Waals surface area contributed by atoms with E-state index in [4.69, 9.17) is 11.5 Å². The van der Waals surface area contributed by atoms with E-state index >= 15 is 0 Å². The van der Waals surface area contributed by atoms with Crippen molar-refractivity contribution in [2.24, 2.45) is 5.73 Å². The number of rotatable bonds is 5. The molecule has 0 radical (unpaired) electrons. The Bertz CT molecular complexity index is 720. The van der Waals surface area contributed by atoms with E-state index in [1.807, 2.05) is 0 Å². The molecule has 9 nitrogen and oxygen atoms in total. The lowest BCUT2D eigenvalue weighted by Gasteiger charge is -1.99. The fourth-order valence-corrected chi connectivity index (χ4v) is 1.83. The van der Waals surface area contributed by atoms with Crippen molar-refractivity contribution in [1.82, 2.24) is 9.78 Å². The van der Waals surface area contributed by atoms with E-state index in [0.717, 1.165) is 4.68 Å². The van der Waals surface area contributed by atoms with E-state index in [0.29, 0.717) is 11.8 Å². The second-order valence-corrected chi connectivity index (χ2v) is 4.19. The van der Waals surface area contributed by atoms with Gasteiger partial charge < -0.3 is 11.5 Å². The van der Waals surface area contributed by atoms with Crippen molar-refractivity contribution in [2.45, 2.75) is 6.54 Å². The van der Waals surface area contributed by atoms with E-state index in [1.54, 1.807) is 0 Å². The number of nitro groups is 1. The first-order chi connectivity index (χ1) is 9.93. The second kappa shape index (κ2) is 5.41. The molecule has 0 aliphatic carbocycles. The van der Waals surface area contributed by atoms with Gasteiger partial charge in [-0.15, -0.1) is 0 Å². The molecule has 9 heteroatoms. The Kier molecular flexibility index (Phi) is 3.65. The molecule has 1 amide bonds. The molecule has 0 unspecified atom stereocenters. The van der Waals surface area contributed by atoms with Crippen LogP contribution in [0.25, 0.3) is 11.3 Å². The van der Waals surface area contributed by atoms with E-state index in [9.17, 15) is 19.7 Å². The monoisotopic (exact) mass is 289 g/mol. The molecule has 2 aromatic rings. The predicted octanol–water partition coefficient (Wildman–Crippen LogP) is 0.338. The summed E-state index contributed by atoms with van der Waals surface area (Å²) in [6, 6.07) is 5.46. The van der Waals surface area contributed by atoms with Gasteiger partial charge in [0.1, 0.15) is 18.1 Å². The van der Waals surface area contributed by atoms with Crippen molar-refractivity contribution in [2.75, 3.05) is 5.73 Å². The quantitative estimate of drug-likeness (QED) is 0.460. The molecule has 0 aliphatic heterocycles. The molecule has 1 heterocycles. The number of nitrogens with two attached hydrogens (primary N) is 2. The number of non-ortho nitro benzene ring substituents is 1. The van der Waals surface area contributed by atoms with Crippen LogP contribution in [-0.4, -0.2) is 26.9 Å². The number of primary amides is 1. The van der Waals surface area contributed by atoms with Crippen LogP contribution in [0.1, 0.15) is 10.4 Å². The van der Waals surface area contributed by atoms with E-state index in [1.165, 1.54) is 24.3 Å². The van der Waals surface area contributed by atoms with Gasteiger partial charge in [0.15, 0.2) is 6.29 Å². The summed E-state index contributed by atoms with van der Waals surface area (Å²) in [5.41, 5.74) is 11.5. The highest BCUT2D eigenvalue weighted by atomic mass is 16.6. The Morgan fingerprint density at radius 3 is 2.48 bits per heavy atom. The van der Waals surface area contributed by atoms with Gasteiger partial charge in [-0.3, -0.25) is 19.7 Å². The first-order valence-corrected chi connectivity index (χ1v) is 5.78. The summed E-state index contributed by atoms with van der Waals surface area (Å²) >= 11 is 0. The Morgan fingerprint density at radius 1 is 1.38 bits per heavy atom. The Labute approximate surface area is 118 Å². The van der Waals surface area contributed by atoms with Gasteiger partial charge in [0.05, 0.1) is 10.5 Å². The Morgan fingerprint density at radius 2 is 2.00 bits per heavy atom. The van der Waals surface area contributed by atoms with Crippen LogP contribution in [0.2, 0.25) is 0 Å². The van der Waals surface area contributed by atoms with Crippen LogP contribution in [0.4, 0.5) is 11.5 Å². The summed E-state index contributed by atoms with van der Waals surface area (Å²) < 4.78 is 1.11. The van der Waals surface area contributed by atoms with Crippen molar-refractivity contribution < 1.29 is 14.5 Å². The van der Waals surface area contributed by atoms with Gasteiger partial charge in [0, 0.05) is 17.7 Å². The molecule has 0 fully saturated rings. The van der Waals surface area contributed by atoms with E-state index in [2.05, 4.69) is 5.10 Å². The van der Waals surface area contributed by atoms with Crippen LogP contribution in [0.5, 0.6) is 0 Å². The minimum Gasteiger partial charge on any atom is -0.383 e. The number of hydrogen-bond acceptors (Lipinski definition) is 6. The summed E-state index contributed by atoms with van der Waals surface area (Å²) in [4.78, 5) is 32.1. The molecule has 0 atom stereocenters. The van der Waals surface area contributed by atoms with Crippen LogP contribution in [0.3, 0.4) is 0 Å². The third-order valence-electron chi connectivity index (χ3n) is 2.80. The molecule has 21 heavy (non-hydrogen) atoms. The lowest BCUT2D eigenvalue weighted by Crippen LogP contribution is -2.20. The van der Waals surface area contributed by atoms with Crippen molar-refractivity contribution in [1.29, 1.82) is 0 Å². The van der Waals surface area contributed by atoms with Crippen molar-refractivity contribution in [3.8, 4) is 11.3 Å². The number of carbonyl (C=O) groups is 2. The van der Waals surface area contributed by atoms with Crippen molar-refractivity contribution in [3.63, 3.8) is 0 Å². The zero-order chi connectivity index (χ0) is 15.6. The molecule has 1 aromatic carbocycles. The van der Waals surface area contributed by atoms with Gasteiger partial charge >= 0.3 is 0 Å². The largest absolute Gasteiger partial charge is 0.383 e. The molecular formula is C12H11N5O4. The Hall–Kier alpha value is -3.23. The molecule has 0 aliphatic rings. The maximum absolute atomic E-state index is 11.1. The average Bonchev–Trinajstić information content (AvgIpc) is 2.75. The third kappa shape index (κ3) is 2.71. The number of nitrogen functional groups attached to an aromatic ring is 1. The third-order valence-corrected chi connectivity index (χ3v) is 2.80. The molecule has 0 saturated carbocycles. The van der Waals surface area contributed by atoms with Gasteiger partial charge in [0.2, 0.25) is 5.91 Å². The van der Waals surface area contributed by atoms with Gasteiger partial charge in [-0.1, -0.05) is 0 Å². The zero-order valence-electron chi connectivity index (χ0n) is 10.7. The number of nitrogens with zero attached hydrogens (tertiary/aromatic N) is 3. The molecule has 2 rings (SSSR count). The number of aldehydes is 1. The van der Waals surface area contributed by atoms with Crippen LogP contribution < -0.4 is 11.5 Å². The molecule has 4 N–H and O–H groups in total. The SMILES string of the molecule is NC(=O)Cn1nc(-c2ccc([N+](=O)[O-])cc2)c(C=O)c1N. The van der Waals surface area contributed by atoms with Gasteiger partial charge in [-0.25, -0.2) is 4.68 Å². The second-order valence-electron chi connectivity index (χ2n) is 4.19. The minimum absolute atomic E-state index is 0.0113. The lowest BCUT2D eigenvalue weighted by molar-refractivity contribution is -0.384. The van der Waals surface area contributed by atoms with Crippen LogP contribution >= 0.6 is 0 Å². The number of nitro benzene ring substituents is 1. The van der Waals surface area contributed by atoms with Crippen molar-refractivity contribution in [3.05, 3.63) is 39.9 Å². The molecular weight excluding hydrogens is 278 g/mol. The van der Waals surface area contributed by atoms with Crippen LogP contribution in [0.15, 0.2) is 24.3 Å². The van der Waals surface area contributed by atoms with Gasteiger partial charge in [-0.05, 0) is 12.1 Å². The molecule has 0 spiro atoms. The summed E-state index contributed by atoms with van der Waals surface area (Å²) in [5.74, 6) is -0.644. The molecule has 0 saturated heterocycles. The number of aromatic nitrogens is 2. The first-order valence-electron chi connectivity index (χ1n) is 5.78. The number of hydrogen-bond donors (Lipinski definition) is 2. The maximum Gasteiger partial charge on any atom is 0.269 e. The number of benzene rings is 1. The van der Waals surface area contributed by atoms with Gasteiger partial charge in [0.25, 0.3) is 5.69 Å². The lowest BCUT2D eigenvalue weighted by atomic mass is 10.1. The first kappa shape index (κ1) is 14.2. The highest BCUT2D eigenvalue weighted by Gasteiger charge is 2.18. The fourth-order valence-electron chi connectivity index (χ4n) is 1.83. The maximum atomic E-state index is 11.1. The smallest absolute Gasteiger partial charge is 0.269 e. The summed E-state index contributed by atoms with van der Waals surface area (Å²) in [6.07, 6.45) is 0.510. The number of anilines is 1. The molecule has 1 aromatic heterocycles. The van der Waals surface area contributed by atoms with Gasteiger partial charge in [-0.2, -0.15) is 5.10 Å². The Balaban J connectivity index is 2.49. The summed E-state index contributed by atoms with van der Waals surface area (Å²) in [5, 5.41) is 14.7. The number of amides is 1. The standard InChI is InChI=1S/C12H11N5O4/c13-10(19)5-16-12(14)9(6-18)11(15-16)7-1-3-8(4-2-7)17(20)21/h1-4,6H,5,14H2,(H2,13,19). The molecule has 0 bridgehead atoms. The summed E-state index contributed by atoms with van der Waals surface area (Å²) in [6.45, 7) is -0.264. The molecule has 108 valence electrons. The van der Waals surface area contributed by atoms with Crippen LogP contribution in [-0.2, 0) is 11.3 Å². The van der Waals surface area contributed by atoms with E-state index in [-0.39, 0.29) is 29.3 Å². The highest BCUT2D eigenvalue weighted by Crippen LogP contribution is 2.27. The van der Waals surface area contributed by atoms with E-state index < -0.39 is 10.8 Å².